The maximum absolute atomic E-state index is 10.9. The molecule has 106 valence electrons. The summed E-state index contributed by atoms with van der Waals surface area (Å²) in [5.41, 5.74) is 0.984. The van der Waals surface area contributed by atoms with Crippen LogP contribution in [0.15, 0.2) is 35.8 Å². The van der Waals surface area contributed by atoms with Crippen molar-refractivity contribution >= 4 is 17.3 Å². The second kappa shape index (κ2) is 7.02. The minimum absolute atomic E-state index is 0.0596. The Balaban J connectivity index is 1.99. The van der Waals surface area contributed by atoms with E-state index >= 15 is 0 Å². The minimum atomic E-state index is -0.816. The second-order valence-corrected chi connectivity index (χ2v) is 5.23. The predicted octanol–water partition coefficient (Wildman–Crippen LogP) is 2.46. The third-order valence-electron chi connectivity index (χ3n) is 2.82. The molecule has 0 aliphatic rings. The number of methoxy groups -OCH3 is 1. The van der Waals surface area contributed by atoms with E-state index in [0.717, 1.165) is 10.4 Å². The fraction of sp³-hybridized carbons (Fsp3) is 0.286. The first-order valence-electron chi connectivity index (χ1n) is 6.16. The Morgan fingerprint density at radius 1 is 1.50 bits per heavy atom. The molecule has 0 aliphatic heterocycles. The van der Waals surface area contributed by atoms with Gasteiger partial charge in [0.1, 0.15) is 0 Å². The number of hydrogen-bond donors (Lipinski definition) is 2. The molecule has 6 heteroatoms. The summed E-state index contributed by atoms with van der Waals surface area (Å²) in [5.74, 6) is -0.252. The van der Waals surface area contributed by atoms with Gasteiger partial charge in [0.15, 0.2) is 0 Å². The summed E-state index contributed by atoms with van der Waals surface area (Å²) in [6.07, 6.45) is 1.78. The molecule has 2 N–H and O–H groups in total. The van der Waals surface area contributed by atoms with E-state index in [4.69, 9.17) is 9.84 Å². The zero-order valence-corrected chi connectivity index (χ0v) is 11.9. The molecule has 0 saturated carbocycles. The second-order valence-electron chi connectivity index (χ2n) is 4.26. The van der Waals surface area contributed by atoms with Crippen LogP contribution >= 0.6 is 11.3 Å². The van der Waals surface area contributed by atoms with Gasteiger partial charge < -0.3 is 15.2 Å². The number of ether oxygens (including phenoxy) is 1. The first kappa shape index (κ1) is 14.5. The van der Waals surface area contributed by atoms with Crippen LogP contribution in [-0.2, 0) is 11.3 Å². The molecule has 5 nitrogen and oxygen atoms in total. The highest BCUT2D eigenvalue weighted by Crippen LogP contribution is 2.22. The lowest BCUT2D eigenvalue weighted by Gasteiger charge is -2.15. The van der Waals surface area contributed by atoms with Gasteiger partial charge in [0, 0.05) is 23.7 Å². The molecule has 0 aliphatic carbocycles. The number of aromatic nitrogens is 1. The highest BCUT2D eigenvalue weighted by Gasteiger charge is 2.15. The highest BCUT2D eigenvalue weighted by atomic mass is 32.1. The van der Waals surface area contributed by atoms with Crippen LogP contribution in [0.5, 0.6) is 5.88 Å². The molecule has 1 unspecified atom stereocenters. The Morgan fingerprint density at radius 2 is 2.35 bits per heavy atom. The van der Waals surface area contributed by atoms with E-state index in [1.54, 1.807) is 30.7 Å². The fourth-order valence-corrected chi connectivity index (χ4v) is 2.62. The molecule has 2 heterocycles. The van der Waals surface area contributed by atoms with Gasteiger partial charge in [-0.1, -0.05) is 12.1 Å². The molecule has 0 radical (unpaired) electrons. The standard InChI is InChI=1S/C14H16N2O3S/c1-19-13-5-4-10(9-16-13)8-15-11(7-14(17)18)12-3-2-6-20-12/h2-6,9,11,15H,7-8H2,1H3,(H,17,18). The molecule has 20 heavy (non-hydrogen) atoms. The number of aliphatic carboxylic acids is 1. The van der Waals surface area contributed by atoms with Crippen LogP contribution in [0, 0.1) is 0 Å². The van der Waals surface area contributed by atoms with E-state index in [0.29, 0.717) is 12.4 Å². The van der Waals surface area contributed by atoms with Gasteiger partial charge in [-0.3, -0.25) is 4.79 Å². The van der Waals surface area contributed by atoms with Gasteiger partial charge in [0.05, 0.1) is 19.6 Å². The molecule has 2 rings (SSSR count). The Labute approximate surface area is 121 Å². The largest absolute Gasteiger partial charge is 0.481 e. The zero-order chi connectivity index (χ0) is 14.4. The summed E-state index contributed by atoms with van der Waals surface area (Å²) in [4.78, 5) is 16.1. The maximum Gasteiger partial charge on any atom is 0.305 e. The molecule has 0 bridgehead atoms. The lowest BCUT2D eigenvalue weighted by atomic mass is 10.1. The summed E-state index contributed by atoms with van der Waals surface area (Å²) in [5, 5.41) is 14.2. The van der Waals surface area contributed by atoms with Gasteiger partial charge >= 0.3 is 5.97 Å². The number of carboxylic acid groups (broad SMARTS) is 1. The summed E-state index contributed by atoms with van der Waals surface area (Å²) in [6, 6.07) is 7.37. The lowest BCUT2D eigenvalue weighted by molar-refractivity contribution is -0.137. The number of rotatable bonds is 7. The van der Waals surface area contributed by atoms with Gasteiger partial charge in [0.25, 0.3) is 0 Å². The van der Waals surface area contributed by atoms with Crippen LogP contribution in [0.3, 0.4) is 0 Å². The third kappa shape index (κ3) is 4.04. The average Bonchev–Trinajstić information content (AvgIpc) is 2.97. The summed E-state index contributed by atoms with van der Waals surface area (Å²) >= 11 is 1.55. The first-order chi connectivity index (χ1) is 9.69. The molecule has 0 fully saturated rings. The van der Waals surface area contributed by atoms with Gasteiger partial charge in [-0.25, -0.2) is 4.98 Å². The van der Waals surface area contributed by atoms with E-state index in [2.05, 4.69) is 10.3 Å². The van der Waals surface area contributed by atoms with Gasteiger partial charge in [-0.15, -0.1) is 11.3 Å². The highest BCUT2D eigenvalue weighted by molar-refractivity contribution is 7.10. The molecule has 0 amide bonds. The number of pyridine rings is 1. The number of hydrogen-bond acceptors (Lipinski definition) is 5. The minimum Gasteiger partial charge on any atom is -0.481 e. The molecule has 1 atom stereocenters. The van der Waals surface area contributed by atoms with Crippen LogP contribution in [0.4, 0.5) is 0 Å². The van der Waals surface area contributed by atoms with Gasteiger partial charge in [-0.05, 0) is 17.0 Å². The van der Waals surface area contributed by atoms with Crippen molar-refractivity contribution in [1.82, 2.24) is 10.3 Å². The number of nitrogens with zero attached hydrogens (tertiary/aromatic N) is 1. The number of nitrogens with one attached hydrogen (secondary N) is 1. The van der Waals surface area contributed by atoms with Crippen molar-refractivity contribution in [3.63, 3.8) is 0 Å². The molecule has 0 saturated heterocycles. The monoisotopic (exact) mass is 292 g/mol. The molecular weight excluding hydrogens is 276 g/mol. The van der Waals surface area contributed by atoms with Crippen LogP contribution in [0.25, 0.3) is 0 Å². The van der Waals surface area contributed by atoms with Crippen LogP contribution in [0.2, 0.25) is 0 Å². The number of thiophene rings is 1. The van der Waals surface area contributed by atoms with Crippen molar-refractivity contribution < 1.29 is 14.6 Å². The van der Waals surface area contributed by atoms with Crippen molar-refractivity contribution in [2.24, 2.45) is 0 Å². The first-order valence-corrected chi connectivity index (χ1v) is 7.04. The molecular formula is C14H16N2O3S. The van der Waals surface area contributed by atoms with Crippen LogP contribution in [0.1, 0.15) is 22.9 Å². The summed E-state index contributed by atoms with van der Waals surface area (Å²) < 4.78 is 5.00. The molecule has 0 spiro atoms. The van der Waals surface area contributed by atoms with Gasteiger partial charge in [0.2, 0.25) is 5.88 Å². The molecule has 0 aromatic carbocycles. The third-order valence-corrected chi connectivity index (χ3v) is 3.81. The fourth-order valence-electron chi connectivity index (χ4n) is 1.81. The van der Waals surface area contributed by atoms with Crippen molar-refractivity contribution in [2.75, 3.05) is 7.11 Å². The molecule has 2 aromatic heterocycles. The quantitative estimate of drug-likeness (QED) is 0.820. The van der Waals surface area contributed by atoms with E-state index < -0.39 is 5.97 Å². The SMILES string of the molecule is COc1ccc(CNC(CC(=O)O)c2cccs2)cn1. The zero-order valence-electron chi connectivity index (χ0n) is 11.1. The van der Waals surface area contributed by atoms with Crippen molar-refractivity contribution in [3.05, 3.63) is 46.3 Å². The van der Waals surface area contributed by atoms with Crippen molar-refractivity contribution in [1.29, 1.82) is 0 Å². The Morgan fingerprint density at radius 3 is 2.90 bits per heavy atom. The number of carbonyl (C=O) groups is 1. The van der Waals surface area contributed by atoms with E-state index in [-0.39, 0.29) is 12.5 Å². The Bertz CT molecular complexity index is 540. The van der Waals surface area contributed by atoms with E-state index in [9.17, 15) is 4.79 Å². The Hall–Kier alpha value is -1.92. The maximum atomic E-state index is 10.9. The summed E-state index contributed by atoms with van der Waals surface area (Å²) in [7, 11) is 1.57. The summed E-state index contributed by atoms with van der Waals surface area (Å²) in [6.45, 7) is 0.562. The van der Waals surface area contributed by atoms with Crippen LogP contribution in [-0.4, -0.2) is 23.2 Å². The Kier molecular flexibility index (Phi) is 5.09. The number of carboxylic acids is 1. The smallest absolute Gasteiger partial charge is 0.305 e. The van der Waals surface area contributed by atoms with Crippen molar-refractivity contribution in [3.8, 4) is 5.88 Å². The topological polar surface area (TPSA) is 71.5 Å². The van der Waals surface area contributed by atoms with Crippen molar-refractivity contribution in [2.45, 2.75) is 19.0 Å². The molecule has 2 aromatic rings. The normalized spacial score (nSPS) is 12.1. The van der Waals surface area contributed by atoms with E-state index in [1.807, 2.05) is 23.6 Å². The average molecular weight is 292 g/mol. The van der Waals surface area contributed by atoms with Gasteiger partial charge in [-0.2, -0.15) is 0 Å². The van der Waals surface area contributed by atoms with Crippen LogP contribution < -0.4 is 10.1 Å². The lowest BCUT2D eigenvalue weighted by Crippen LogP contribution is -2.22. The van der Waals surface area contributed by atoms with E-state index in [1.165, 1.54) is 0 Å². The predicted molar refractivity (Wildman–Crippen MR) is 76.9 cm³/mol.